The lowest BCUT2D eigenvalue weighted by Crippen LogP contribution is -2.40. The fraction of sp³-hybridized carbons (Fsp3) is 0.444. The van der Waals surface area contributed by atoms with Gasteiger partial charge in [-0.2, -0.15) is 10.2 Å². The van der Waals surface area contributed by atoms with Gasteiger partial charge in [0.05, 0.1) is 16.3 Å². The van der Waals surface area contributed by atoms with Gasteiger partial charge in [-0.25, -0.2) is 8.42 Å². The number of piperidine rings is 1. The molecule has 0 spiro atoms. The Kier molecular flexibility index (Phi) is 5.46. The molecule has 0 unspecified atom stereocenters. The van der Waals surface area contributed by atoms with E-state index < -0.39 is 9.84 Å². The van der Waals surface area contributed by atoms with Gasteiger partial charge in [0.15, 0.2) is 9.84 Å². The average Bonchev–Trinajstić information content (AvgIpc) is 2.62. The Bertz CT molecular complexity index is 798. The highest BCUT2D eigenvalue weighted by atomic mass is 32.2. The van der Waals surface area contributed by atoms with E-state index in [9.17, 15) is 8.42 Å². The van der Waals surface area contributed by atoms with Crippen LogP contribution in [0.5, 0.6) is 0 Å². The lowest BCUT2D eigenvalue weighted by molar-refractivity contribution is 0.189. The van der Waals surface area contributed by atoms with Gasteiger partial charge in [-0.1, -0.05) is 12.1 Å². The molecule has 25 heavy (non-hydrogen) atoms. The minimum absolute atomic E-state index is 0.310. The first-order valence-corrected chi connectivity index (χ1v) is 10.4. The Morgan fingerprint density at radius 2 is 1.76 bits per heavy atom. The highest BCUT2D eigenvalue weighted by molar-refractivity contribution is 7.90. The standard InChI is InChI=1S/C18H24N4O2S/c1-22(16-9-11-19-12-10-16)13-15-5-8-18(21-20-15)14-3-6-17(7-4-14)25(2,23)24/h3-8,16,19H,9-13H2,1-2H3. The minimum Gasteiger partial charge on any atom is -0.317 e. The second-order valence-corrected chi connectivity index (χ2v) is 8.62. The van der Waals surface area contributed by atoms with Crippen LogP contribution in [0.1, 0.15) is 18.5 Å². The van der Waals surface area contributed by atoms with Crippen molar-refractivity contribution in [2.75, 3.05) is 26.4 Å². The number of benzene rings is 1. The number of aromatic nitrogens is 2. The van der Waals surface area contributed by atoms with E-state index in [0.717, 1.165) is 49.4 Å². The molecule has 0 amide bonds. The number of nitrogens with zero attached hydrogens (tertiary/aromatic N) is 3. The van der Waals surface area contributed by atoms with Crippen LogP contribution in [0.4, 0.5) is 0 Å². The summed E-state index contributed by atoms with van der Waals surface area (Å²) in [6.45, 7) is 2.93. The summed E-state index contributed by atoms with van der Waals surface area (Å²) in [5.41, 5.74) is 2.55. The molecule has 6 nitrogen and oxygen atoms in total. The van der Waals surface area contributed by atoms with Crippen molar-refractivity contribution in [3.8, 4) is 11.3 Å². The van der Waals surface area contributed by atoms with E-state index in [4.69, 9.17) is 0 Å². The van der Waals surface area contributed by atoms with Crippen molar-refractivity contribution in [1.82, 2.24) is 20.4 Å². The van der Waals surface area contributed by atoms with Gasteiger partial charge >= 0.3 is 0 Å². The Balaban J connectivity index is 1.67. The Morgan fingerprint density at radius 3 is 2.32 bits per heavy atom. The lowest BCUT2D eigenvalue weighted by Gasteiger charge is -2.31. The zero-order chi connectivity index (χ0) is 17.9. The third kappa shape index (κ3) is 4.62. The highest BCUT2D eigenvalue weighted by Gasteiger charge is 2.18. The van der Waals surface area contributed by atoms with E-state index in [0.29, 0.717) is 10.9 Å². The molecule has 1 aromatic heterocycles. The van der Waals surface area contributed by atoms with Crippen LogP contribution in [-0.2, 0) is 16.4 Å². The monoisotopic (exact) mass is 360 g/mol. The normalized spacial score (nSPS) is 16.3. The minimum atomic E-state index is -3.18. The van der Waals surface area contributed by atoms with Gasteiger partial charge in [-0.15, -0.1) is 0 Å². The zero-order valence-electron chi connectivity index (χ0n) is 14.6. The number of hydrogen-bond donors (Lipinski definition) is 1. The van der Waals surface area contributed by atoms with Crippen LogP contribution in [0.2, 0.25) is 0 Å². The molecule has 0 bridgehead atoms. The quantitative estimate of drug-likeness (QED) is 0.875. The van der Waals surface area contributed by atoms with Crippen molar-refractivity contribution in [3.05, 3.63) is 42.1 Å². The van der Waals surface area contributed by atoms with Crippen molar-refractivity contribution >= 4 is 9.84 Å². The molecule has 0 saturated carbocycles. The molecule has 1 N–H and O–H groups in total. The van der Waals surface area contributed by atoms with Crippen molar-refractivity contribution in [1.29, 1.82) is 0 Å². The molecule has 7 heteroatoms. The van der Waals surface area contributed by atoms with E-state index in [1.54, 1.807) is 24.3 Å². The summed E-state index contributed by atoms with van der Waals surface area (Å²) >= 11 is 0. The molecule has 2 aromatic rings. The van der Waals surface area contributed by atoms with Gasteiger partial charge in [0.1, 0.15) is 0 Å². The number of hydrogen-bond acceptors (Lipinski definition) is 6. The summed E-state index contributed by atoms with van der Waals surface area (Å²) in [6, 6.07) is 11.3. The molecule has 1 aromatic carbocycles. The summed E-state index contributed by atoms with van der Waals surface area (Å²) in [7, 11) is -1.04. The smallest absolute Gasteiger partial charge is 0.175 e. The molecular weight excluding hydrogens is 336 g/mol. The van der Waals surface area contributed by atoms with Crippen LogP contribution in [0.3, 0.4) is 0 Å². The number of rotatable bonds is 5. The van der Waals surface area contributed by atoms with Crippen LogP contribution < -0.4 is 5.32 Å². The maximum Gasteiger partial charge on any atom is 0.175 e. The summed E-state index contributed by atoms with van der Waals surface area (Å²) in [5, 5.41) is 12.0. The van der Waals surface area contributed by atoms with Gasteiger partial charge in [-0.3, -0.25) is 4.90 Å². The Labute approximate surface area is 149 Å². The predicted molar refractivity (Wildman–Crippen MR) is 97.9 cm³/mol. The Morgan fingerprint density at radius 1 is 1.08 bits per heavy atom. The van der Waals surface area contributed by atoms with E-state index in [1.807, 2.05) is 12.1 Å². The van der Waals surface area contributed by atoms with Gasteiger partial charge in [0.25, 0.3) is 0 Å². The number of sulfone groups is 1. The molecule has 0 atom stereocenters. The molecule has 1 saturated heterocycles. The van der Waals surface area contributed by atoms with Crippen LogP contribution in [0.25, 0.3) is 11.3 Å². The van der Waals surface area contributed by atoms with Crippen molar-refractivity contribution in [2.45, 2.75) is 30.3 Å². The highest BCUT2D eigenvalue weighted by Crippen LogP contribution is 2.19. The van der Waals surface area contributed by atoms with Crippen molar-refractivity contribution in [2.24, 2.45) is 0 Å². The first kappa shape index (κ1) is 18.0. The van der Waals surface area contributed by atoms with Gasteiger partial charge in [-0.05, 0) is 57.2 Å². The Hall–Kier alpha value is -1.83. The third-order valence-corrected chi connectivity index (χ3v) is 5.77. The topological polar surface area (TPSA) is 75.2 Å². The van der Waals surface area contributed by atoms with Crippen molar-refractivity contribution < 1.29 is 8.42 Å². The van der Waals surface area contributed by atoms with E-state index >= 15 is 0 Å². The molecule has 3 rings (SSSR count). The van der Waals surface area contributed by atoms with Crippen LogP contribution in [0, 0.1) is 0 Å². The summed E-state index contributed by atoms with van der Waals surface area (Å²) in [4.78, 5) is 2.65. The average molecular weight is 360 g/mol. The fourth-order valence-electron chi connectivity index (χ4n) is 3.10. The number of nitrogens with one attached hydrogen (secondary N) is 1. The third-order valence-electron chi connectivity index (χ3n) is 4.64. The second kappa shape index (κ2) is 7.59. The maximum absolute atomic E-state index is 11.5. The zero-order valence-corrected chi connectivity index (χ0v) is 15.5. The maximum atomic E-state index is 11.5. The van der Waals surface area contributed by atoms with E-state index in [2.05, 4.69) is 27.5 Å². The molecule has 134 valence electrons. The molecule has 0 radical (unpaired) electrons. The van der Waals surface area contributed by atoms with Gasteiger partial charge in [0.2, 0.25) is 0 Å². The van der Waals surface area contributed by atoms with E-state index in [1.165, 1.54) is 6.26 Å². The van der Waals surface area contributed by atoms with Crippen LogP contribution in [-0.4, -0.2) is 55.9 Å². The van der Waals surface area contributed by atoms with Gasteiger partial charge < -0.3 is 5.32 Å². The van der Waals surface area contributed by atoms with Crippen molar-refractivity contribution in [3.63, 3.8) is 0 Å². The summed E-state index contributed by atoms with van der Waals surface area (Å²) in [6.07, 6.45) is 3.53. The molecule has 2 heterocycles. The van der Waals surface area contributed by atoms with Crippen LogP contribution >= 0.6 is 0 Å². The first-order chi connectivity index (χ1) is 11.9. The van der Waals surface area contributed by atoms with E-state index in [-0.39, 0.29) is 0 Å². The second-order valence-electron chi connectivity index (χ2n) is 6.60. The lowest BCUT2D eigenvalue weighted by atomic mass is 10.1. The molecular formula is C18H24N4O2S. The van der Waals surface area contributed by atoms with Gasteiger partial charge in [0, 0.05) is 24.4 Å². The largest absolute Gasteiger partial charge is 0.317 e. The first-order valence-electron chi connectivity index (χ1n) is 8.47. The van der Waals surface area contributed by atoms with Crippen LogP contribution in [0.15, 0.2) is 41.3 Å². The predicted octanol–water partition coefficient (Wildman–Crippen LogP) is 1.73. The molecule has 1 fully saturated rings. The molecule has 1 aliphatic heterocycles. The SMILES string of the molecule is CN(Cc1ccc(-c2ccc(S(C)(=O)=O)cc2)nn1)C1CCNCC1. The molecule has 0 aliphatic carbocycles. The molecule has 1 aliphatic rings. The summed E-state index contributed by atoms with van der Waals surface area (Å²) in [5.74, 6) is 0. The fourth-order valence-corrected chi connectivity index (χ4v) is 3.73. The summed E-state index contributed by atoms with van der Waals surface area (Å²) < 4.78 is 23.0.